The third-order valence-corrected chi connectivity index (χ3v) is 12.6. The second-order valence-corrected chi connectivity index (χ2v) is 16.8. The zero-order chi connectivity index (χ0) is 44.5. The van der Waals surface area contributed by atoms with Crippen LogP contribution >= 0.6 is 0 Å². The Hall–Kier alpha value is -8.99. The molecule has 0 N–H and O–H groups in total. The molecule has 9 aromatic carbocycles. The summed E-state index contributed by atoms with van der Waals surface area (Å²) in [6, 6.07) is 89.9. The predicted octanol–water partition coefficient (Wildman–Crippen LogP) is 16.3. The van der Waals surface area contributed by atoms with Crippen LogP contribution in [0.15, 0.2) is 255 Å². The third kappa shape index (κ3) is 7.47. The molecule has 314 valence electrons. The van der Waals surface area contributed by atoms with E-state index in [9.17, 15) is 0 Å². The highest BCUT2D eigenvalue weighted by Gasteiger charge is 2.25. The normalized spacial score (nSPS) is 11.3. The van der Waals surface area contributed by atoms with Crippen LogP contribution in [-0.4, -0.2) is 19.6 Å². The molecule has 0 atom stereocenters. The number of pyridine rings is 1. The average molecular weight is 855 g/mol. The maximum atomic E-state index is 5.58. The summed E-state index contributed by atoms with van der Waals surface area (Å²) in [4.78, 5) is 10.4. The fourth-order valence-corrected chi connectivity index (χ4v) is 9.46. The van der Waals surface area contributed by atoms with Gasteiger partial charge in [0.2, 0.25) is 0 Å². The van der Waals surface area contributed by atoms with Gasteiger partial charge in [0.25, 0.3) is 0 Å². The minimum Gasteiger partial charge on any atom is -0.231 e. The summed E-state index contributed by atoms with van der Waals surface area (Å²) in [6.45, 7) is 0. The summed E-state index contributed by atoms with van der Waals surface area (Å²) in [6.07, 6.45) is 0. The summed E-state index contributed by atoms with van der Waals surface area (Å²) < 4.78 is 2.21. The van der Waals surface area contributed by atoms with Gasteiger partial charge in [0.05, 0.1) is 22.6 Å². The molecule has 0 bridgehead atoms. The van der Waals surface area contributed by atoms with Gasteiger partial charge >= 0.3 is 0 Å². The van der Waals surface area contributed by atoms with Crippen LogP contribution in [0.5, 0.6) is 0 Å². The Morgan fingerprint density at radius 2 is 0.672 bits per heavy atom. The van der Waals surface area contributed by atoms with E-state index in [1.54, 1.807) is 0 Å². The van der Waals surface area contributed by atoms with Crippen LogP contribution in [0.3, 0.4) is 0 Å². The van der Waals surface area contributed by atoms with Gasteiger partial charge in [-0.05, 0) is 63.0 Å². The SMILES string of the molecule is c1ccc(-c2cccc(-c3cc(-c4cccc(-c5cccc(-c6c(-c7ccccc7)n7nc(-c8ccccc8)c(-c8ccccc8)c7c7ccccc67)c5)c4)nc(-c4ccccc4)n3)c2)cc1. The third-order valence-electron chi connectivity index (χ3n) is 12.6. The number of nitrogens with zero attached hydrogens (tertiary/aromatic N) is 4. The van der Waals surface area contributed by atoms with Crippen molar-refractivity contribution in [1.29, 1.82) is 0 Å². The summed E-state index contributed by atoms with van der Waals surface area (Å²) >= 11 is 0. The van der Waals surface area contributed by atoms with Gasteiger partial charge < -0.3 is 0 Å². The smallest absolute Gasteiger partial charge is 0.160 e. The van der Waals surface area contributed by atoms with Crippen molar-refractivity contribution in [3.05, 3.63) is 255 Å². The van der Waals surface area contributed by atoms with Crippen molar-refractivity contribution in [2.75, 3.05) is 0 Å². The summed E-state index contributed by atoms with van der Waals surface area (Å²) in [5.41, 5.74) is 19.0. The maximum Gasteiger partial charge on any atom is 0.160 e. The van der Waals surface area contributed by atoms with Crippen molar-refractivity contribution in [2.45, 2.75) is 0 Å². The zero-order valence-corrected chi connectivity index (χ0v) is 36.5. The minimum atomic E-state index is 0.686. The molecule has 4 nitrogen and oxygen atoms in total. The van der Waals surface area contributed by atoms with E-state index in [0.29, 0.717) is 5.82 Å². The summed E-state index contributed by atoms with van der Waals surface area (Å²) in [7, 11) is 0. The van der Waals surface area contributed by atoms with Gasteiger partial charge in [-0.2, -0.15) is 5.10 Å². The second-order valence-electron chi connectivity index (χ2n) is 16.8. The number of fused-ring (bicyclic) bond motifs is 3. The number of aromatic nitrogens is 4. The molecule has 0 aliphatic rings. The number of hydrogen-bond acceptors (Lipinski definition) is 3. The number of hydrogen-bond donors (Lipinski definition) is 0. The molecule has 0 spiro atoms. The highest BCUT2D eigenvalue weighted by Crippen LogP contribution is 2.46. The van der Waals surface area contributed by atoms with E-state index in [1.807, 2.05) is 24.3 Å². The fourth-order valence-electron chi connectivity index (χ4n) is 9.46. The van der Waals surface area contributed by atoms with E-state index in [-0.39, 0.29) is 0 Å². The van der Waals surface area contributed by atoms with Crippen LogP contribution < -0.4 is 0 Å². The van der Waals surface area contributed by atoms with Crippen LogP contribution in [0.1, 0.15) is 0 Å². The Balaban J connectivity index is 1.03. The van der Waals surface area contributed by atoms with Gasteiger partial charge in [0.1, 0.15) is 5.69 Å². The molecule has 12 rings (SSSR count). The monoisotopic (exact) mass is 854 g/mol. The van der Waals surface area contributed by atoms with Crippen LogP contribution in [0.25, 0.3) is 117 Å². The van der Waals surface area contributed by atoms with Gasteiger partial charge in [-0.25, -0.2) is 14.5 Å². The first kappa shape index (κ1) is 39.6. The minimum absolute atomic E-state index is 0.686. The van der Waals surface area contributed by atoms with E-state index in [2.05, 4.69) is 235 Å². The Labute approximate surface area is 389 Å². The van der Waals surface area contributed by atoms with Crippen LogP contribution in [0, 0.1) is 0 Å². The van der Waals surface area contributed by atoms with Crippen molar-refractivity contribution in [3.63, 3.8) is 0 Å². The summed E-state index contributed by atoms with van der Waals surface area (Å²) in [5, 5.41) is 7.88. The van der Waals surface area contributed by atoms with Gasteiger partial charge in [-0.3, -0.25) is 0 Å². The number of rotatable bonds is 9. The summed E-state index contributed by atoms with van der Waals surface area (Å²) in [5.74, 6) is 0.686. The quantitative estimate of drug-likeness (QED) is 0.145. The lowest BCUT2D eigenvalue weighted by molar-refractivity contribution is 0.981. The van der Waals surface area contributed by atoms with E-state index in [0.717, 1.165) is 106 Å². The zero-order valence-electron chi connectivity index (χ0n) is 36.5. The van der Waals surface area contributed by atoms with E-state index < -0.39 is 0 Å². The molecule has 3 aromatic heterocycles. The Bertz CT molecular complexity index is 3720. The molecule has 0 radical (unpaired) electrons. The van der Waals surface area contributed by atoms with E-state index in [1.165, 1.54) is 5.56 Å². The molecule has 12 aromatic rings. The largest absolute Gasteiger partial charge is 0.231 e. The molecule has 0 aliphatic heterocycles. The highest BCUT2D eigenvalue weighted by molar-refractivity contribution is 6.15. The van der Waals surface area contributed by atoms with Gasteiger partial charge in [0.15, 0.2) is 5.82 Å². The first-order valence-corrected chi connectivity index (χ1v) is 22.7. The molecule has 0 saturated carbocycles. The van der Waals surface area contributed by atoms with Crippen LogP contribution in [0.2, 0.25) is 0 Å². The van der Waals surface area contributed by atoms with E-state index in [4.69, 9.17) is 15.1 Å². The molecule has 0 fully saturated rings. The average Bonchev–Trinajstić information content (AvgIpc) is 3.83. The molecule has 0 aliphatic carbocycles. The first-order chi connectivity index (χ1) is 33.2. The van der Waals surface area contributed by atoms with E-state index >= 15 is 0 Å². The molecular formula is C63H42N4. The van der Waals surface area contributed by atoms with Crippen molar-refractivity contribution in [3.8, 4) is 101 Å². The second kappa shape index (κ2) is 17.2. The predicted molar refractivity (Wildman–Crippen MR) is 277 cm³/mol. The number of benzene rings is 9. The van der Waals surface area contributed by atoms with Gasteiger partial charge in [-0.15, -0.1) is 0 Å². The van der Waals surface area contributed by atoms with Crippen molar-refractivity contribution in [1.82, 2.24) is 19.6 Å². The molecule has 3 heterocycles. The lowest BCUT2D eigenvalue weighted by Crippen LogP contribution is -2.00. The molecule has 0 unspecified atom stereocenters. The fraction of sp³-hybridized carbons (Fsp3) is 0. The molecular weight excluding hydrogens is 813 g/mol. The Kier molecular flexibility index (Phi) is 10.2. The standard InChI is InChI=1S/C63H42N4/c1-6-21-43(22-7-1)48-31-18-34-51(39-48)56-42-57(65-63(64-56)47-29-14-5-15-30-47)52-35-19-32-49(40-52)50-33-20-36-53(41-50)58-54-37-16-17-38-55(54)62-59(44-23-8-2-9-24-44)60(45-25-10-3-11-26-45)66-67(62)61(58)46-27-12-4-13-28-46/h1-42H. The molecule has 4 heteroatoms. The Morgan fingerprint density at radius 1 is 0.269 bits per heavy atom. The lowest BCUT2D eigenvalue weighted by atomic mass is 9.90. The van der Waals surface area contributed by atoms with Crippen molar-refractivity contribution < 1.29 is 0 Å². The Morgan fingerprint density at radius 3 is 1.24 bits per heavy atom. The lowest BCUT2D eigenvalue weighted by Gasteiger charge is -2.18. The molecule has 0 saturated heterocycles. The first-order valence-electron chi connectivity index (χ1n) is 22.7. The molecule has 0 amide bonds. The van der Waals surface area contributed by atoms with Crippen LogP contribution in [-0.2, 0) is 0 Å². The molecule has 67 heavy (non-hydrogen) atoms. The van der Waals surface area contributed by atoms with Gasteiger partial charge in [0, 0.05) is 44.3 Å². The van der Waals surface area contributed by atoms with Crippen molar-refractivity contribution >= 4 is 16.3 Å². The topological polar surface area (TPSA) is 43.1 Å². The van der Waals surface area contributed by atoms with Crippen LogP contribution in [0.4, 0.5) is 0 Å². The van der Waals surface area contributed by atoms with Gasteiger partial charge in [-0.1, -0.05) is 231 Å². The van der Waals surface area contributed by atoms with Crippen molar-refractivity contribution in [2.24, 2.45) is 0 Å². The highest BCUT2D eigenvalue weighted by atomic mass is 15.2. The maximum absolute atomic E-state index is 5.58.